The van der Waals surface area contributed by atoms with Crippen LogP contribution in [-0.4, -0.2) is 47.5 Å². The van der Waals surface area contributed by atoms with E-state index in [9.17, 15) is 0 Å². The minimum Gasteiger partial charge on any atom is -0.497 e. The number of rotatable bonds is 7. The molecule has 3 aliphatic rings. The third-order valence-corrected chi connectivity index (χ3v) is 6.98. The van der Waals surface area contributed by atoms with Crippen molar-refractivity contribution >= 4 is 0 Å². The lowest BCUT2D eigenvalue weighted by molar-refractivity contribution is -0.0249. The number of hydrogen-bond donors (Lipinski definition) is 0. The number of piperidine rings is 3. The number of nitrogens with zero attached hydrogens (tertiary/aromatic N) is 3. The number of hydrogen-bond acceptors (Lipinski definition) is 4. The SMILES string of the molecule is COc1ccc(-c2cc([C@H]3CN4CC[C@H]3C[C@@H]4COCc3ccccc3)n(C)n2)cc1. The molecule has 1 aromatic heterocycles. The molecule has 0 amide bonds. The molecule has 162 valence electrons. The van der Waals surface area contributed by atoms with E-state index in [-0.39, 0.29) is 0 Å². The smallest absolute Gasteiger partial charge is 0.118 e. The van der Waals surface area contributed by atoms with Crippen LogP contribution in [0.25, 0.3) is 11.3 Å². The fourth-order valence-corrected chi connectivity index (χ4v) is 5.27. The summed E-state index contributed by atoms with van der Waals surface area (Å²) in [4.78, 5) is 2.63. The van der Waals surface area contributed by atoms with E-state index in [0.29, 0.717) is 24.5 Å². The molecule has 0 aliphatic carbocycles. The number of aromatic nitrogens is 2. The quantitative estimate of drug-likeness (QED) is 0.568. The van der Waals surface area contributed by atoms with Gasteiger partial charge in [-0.15, -0.1) is 0 Å². The maximum atomic E-state index is 6.09. The van der Waals surface area contributed by atoms with Gasteiger partial charge in [-0.1, -0.05) is 30.3 Å². The van der Waals surface area contributed by atoms with E-state index in [1.54, 1.807) is 7.11 Å². The van der Waals surface area contributed by atoms with Crippen LogP contribution >= 0.6 is 0 Å². The topological polar surface area (TPSA) is 39.5 Å². The molecule has 3 aliphatic heterocycles. The molecule has 3 saturated heterocycles. The van der Waals surface area contributed by atoms with Crippen LogP contribution in [0.15, 0.2) is 60.7 Å². The van der Waals surface area contributed by atoms with Gasteiger partial charge in [0.15, 0.2) is 0 Å². The molecule has 1 unspecified atom stereocenters. The van der Waals surface area contributed by atoms with Gasteiger partial charge in [0.1, 0.15) is 5.75 Å². The first-order valence-corrected chi connectivity index (χ1v) is 11.3. The summed E-state index contributed by atoms with van der Waals surface area (Å²) in [5.74, 6) is 2.12. The molecule has 2 aromatic carbocycles. The average molecular weight is 418 g/mol. The summed E-state index contributed by atoms with van der Waals surface area (Å²) in [5.41, 5.74) is 4.77. The maximum Gasteiger partial charge on any atom is 0.118 e. The zero-order valence-electron chi connectivity index (χ0n) is 18.4. The molecule has 0 saturated carbocycles. The van der Waals surface area contributed by atoms with Crippen molar-refractivity contribution in [2.75, 3.05) is 26.8 Å². The van der Waals surface area contributed by atoms with Crippen molar-refractivity contribution in [2.45, 2.75) is 31.4 Å². The summed E-state index contributed by atoms with van der Waals surface area (Å²) in [6.45, 7) is 3.81. The van der Waals surface area contributed by atoms with Crippen LogP contribution in [0, 0.1) is 5.92 Å². The number of methoxy groups -OCH3 is 1. The van der Waals surface area contributed by atoms with Crippen LogP contribution in [0.3, 0.4) is 0 Å². The fraction of sp³-hybridized carbons (Fsp3) is 0.423. The Hall–Kier alpha value is -2.63. The van der Waals surface area contributed by atoms with Crippen LogP contribution in [0.5, 0.6) is 5.75 Å². The van der Waals surface area contributed by atoms with Crippen molar-refractivity contribution < 1.29 is 9.47 Å². The monoisotopic (exact) mass is 417 g/mol. The van der Waals surface area contributed by atoms with E-state index in [4.69, 9.17) is 14.6 Å². The molecule has 0 radical (unpaired) electrons. The molecule has 0 spiro atoms. The number of benzene rings is 2. The molecule has 5 nitrogen and oxygen atoms in total. The average Bonchev–Trinajstić information content (AvgIpc) is 3.21. The largest absolute Gasteiger partial charge is 0.497 e. The van der Waals surface area contributed by atoms with Crippen molar-refractivity contribution in [1.29, 1.82) is 0 Å². The number of fused-ring (bicyclic) bond motifs is 3. The molecule has 4 atom stereocenters. The Balaban J connectivity index is 1.24. The lowest BCUT2D eigenvalue weighted by atomic mass is 9.74. The Morgan fingerprint density at radius 1 is 1.06 bits per heavy atom. The van der Waals surface area contributed by atoms with E-state index in [2.05, 4.69) is 59.1 Å². The Morgan fingerprint density at radius 2 is 1.87 bits per heavy atom. The first kappa shape index (κ1) is 20.3. The predicted octanol–water partition coefficient (Wildman–Crippen LogP) is 4.49. The molecule has 5 heteroatoms. The minimum atomic E-state index is 0.535. The summed E-state index contributed by atoms with van der Waals surface area (Å²) in [6.07, 6.45) is 2.48. The predicted molar refractivity (Wildman–Crippen MR) is 122 cm³/mol. The highest BCUT2D eigenvalue weighted by atomic mass is 16.5. The number of ether oxygens (including phenoxy) is 2. The standard InChI is InChI=1S/C26H31N3O2/c1-28-26(15-25(27-28)20-8-10-23(30-2)11-9-20)24-16-29-13-12-21(24)14-22(29)18-31-17-19-6-4-3-5-7-19/h3-11,15,21-22,24H,12-14,16-18H2,1-2H3/t21-,22+,24-/m0/s1. The van der Waals surface area contributed by atoms with Crippen LogP contribution in [-0.2, 0) is 18.4 Å². The van der Waals surface area contributed by atoms with E-state index in [0.717, 1.165) is 30.2 Å². The molecule has 3 aromatic rings. The van der Waals surface area contributed by atoms with Gasteiger partial charge in [0.25, 0.3) is 0 Å². The normalized spacial score (nSPS) is 25.0. The summed E-state index contributed by atoms with van der Waals surface area (Å²) in [7, 11) is 3.78. The highest BCUT2D eigenvalue weighted by molar-refractivity contribution is 5.60. The third kappa shape index (κ3) is 4.25. The molecule has 4 heterocycles. The number of aryl methyl sites for hydroxylation is 1. The highest BCUT2D eigenvalue weighted by Gasteiger charge is 2.41. The van der Waals surface area contributed by atoms with Gasteiger partial charge in [-0.05, 0) is 61.2 Å². The molecule has 0 N–H and O–H groups in total. The summed E-state index contributed by atoms with van der Waals surface area (Å²) in [5, 5.41) is 4.83. The zero-order valence-corrected chi connectivity index (χ0v) is 18.4. The van der Waals surface area contributed by atoms with Gasteiger partial charge >= 0.3 is 0 Å². The second-order valence-corrected chi connectivity index (χ2v) is 8.85. The Labute approximate surface area is 184 Å². The second-order valence-electron chi connectivity index (χ2n) is 8.85. The Morgan fingerprint density at radius 3 is 2.58 bits per heavy atom. The van der Waals surface area contributed by atoms with Crippen molar-refractivity contribution in [3.63, 3.8) is 0 Å². The van der Waals surface area contributed by atoms with Crippen molar-refractivity contribution in [3.8, 4) is 17.0 Å². The van der Waals surface area contributed by atoms with Crippen molar-refractivity contribution in [2.24, 2.45) is 13.0 Å². The van der Waals surface area contributed by atoms with Gasteiger partial charge in [0.05, 0.1) is 26.0 Å². The van der Waals surface area contributed by atoms with Gasteiger partial charge in [-0.25, -0.2) is 0 Å². The highest BCUT2D eigenvalue weighted by Crippen LogP contribution is 2.42. The molecule has 6 rings (SSSR count). The first-order chi connectivity index (χ1) is 15.2. The second kappa shape index (κ2) is 8.85. The van der Waals surface area contributed by atoms with Crippen LogP contribution in [0.2, 0.25) is 0 Å². The Bertz CT molecular complexity index is 999. The van der Waals surface area contributed by atoms with Gasteiger partial charge in [0, 0.05) is 36.8 Å². The summed E-state index contributed by atoms with van der Waals surface area (Å²) in [6, 6.07) is 21.4. The molecule has 31 heavy (non-hydrogen) atoms. The maximum absolute atomic E-state index is 6.09. The Kier molecular flexibility index (Phi) is 5.79. The molecule has 2 bridgehead atoms. The lowest BCUT2D eigenvalue weighted by Crippen LogP contribution is -2.54. The van der Waals surface area contributed by atoms with Gasteiger partial charge in [-0.3, -0.25) is 9.58 Å². The summed E-state index contributed by atoms with van der Waals surface area (Å²) >= 11 is 0. The van der Waals surface area contributed by atoms with E-state index >= 15 is 0 Å². The third-order valence-electron chi connectivity index (χ3n) is 6.98. The first-order valence-electron chi connectivity index (χ1n) is 11.3. The van der Waals surface area contributed by atoms with Crippen LogP contribution in [0.1, 0.15) is 30.0 Å². The van der Waals surface area contributed by atoms with E-state index in [1.807, 2.05) is 18.2 Å². The van der Waals surface area contributed by atoms with Crippen molar-refractivity contribution in [1.82, 2.24) is 14.7 Å². The zero-order chi connectivity index (χ0) is 21.2. The summed E-state index contributed by atoms with van der Waals surface area (Å²) < 4.78 is 13.5. The fourth-order valence-electron chi connectivity index (χ4n) is 5.27. The minimum absolute atomic E-state index is 0.535. The van der Waals surface area contributed by atoms with Crippen molar-refractivity contribution in [3.05, 3.63) is 71.9 Å². The van der Waals surface area contributed by atoms with E-state index < -0.39 is 0 Å². The van der Waals surface area contributed by atoms with Gasteiger partial charge in [-0.2, -0.15) is 5.10 Å². The molecular weight excluding hydrogens is 386 g/mol. The molecular formula is C26H31N3O2. The molecule has 3 fully saturated rings. The van der Waals surface area contributed by atoms with Crippen LogP contribution < -0.4 is 4.74 Å². The van der Waals surface area contributed by atoms with Gasteiger partial charge in [0.2, 0.25) is 0 Å². The lowest BCUT2D eigenvalue weighted by Gasteiger charge is -2.49. The van der Waals surface area contributed by atoms with E-state index in [1.165, 1.54) is 30.6 Å². The van der Waals surface area contributed by atoms with Gasteiger partial charge < -0.3 is 9.47 Å². The van der Waals surface area contributed by atoms with Crippen LogP contribution in [0.4, 0.5) is 0 Å².